The van der Waals surface area contributed by atoms with E-state index in [1.54, 1.807) is 0 Å². The number of amides is 2. The highest BCUT2D eigenvalue weighted by Crippen LogP contribution is 2.21. The summed E-state index contributed by atoms with van der Waals surface area (Å²) in [5.41, 5.74) is 5.13. The number of phenolic OH excluding ortho intramolecular Hbond substituents is 1. The van der Waals surface area contributed by atoms with Crippen LogP contribution in [0.4, 0.5) is 4.39 Å². The lowest BCUT2D eigenvalue weighted by molar-refractivity contribution is -0.123. The van der Waals surface area contributed by atoms with Crippen molar-refractivity contribution in [1.82, 2.24) is 4.90 Å². The molecule has 1 heterocycles. The fraction of sp³-hybridized carbons (Fsp3) is 0.385. The number of likely N-dealkylation sites (tertiary alicyclic amines) is 1. The molecule has 1 unspecified atom stereocenters. The maximum absolute atomic E-state index is 13.6. The zero-order valence-electron chi connectivity index (χ0n) is 10.3. The number of benzene rings is 1. The highest BCUT2D eigenvalue weighted by Gasteiger charge is 2.28. The molecular formula is C13H15FN2O3. The molecule has 1 saturated heterocycles. The summed E-state index contributed by atoms with van der Waals surface area (Å²) in [6.07, 6.45) is 1.32. The van der Waals surface area contributed by atoms with Gasteiger partial charge in [-0.2, -0.15) is 0 Å². The van der Waals surface area contributed by atoms with Crippen LogP contribution in [0.1, 0.15) is 23.2 Å². The monoisotopic (exact) mass is 266 g/mol. The van der Waals surface area contributed by atoms with Crippen LogP contribution >= 0.6 is 0 Å². The molecule has 0 bridgehead atoms. The Bertz CT molecular complexity index is 519. The van der Waals surface area contributed by atoms with Crippen molar-refractivity contribution in [3.63, 3.8) is 0 Å². The van der Waals surface area contributed by atoms with Gasteiger partial charge in [-0.25, -0.2) is 4.39 Å². The summed E-state index contributed by atoms with van der Waals surface area (Å²) in [6, 6.07) is 3.38. The molecule has 6 heteroatoms. The quantitative estimate of drug-likeness (QED) is 0.833. The normalized spacial score (nSPS) is 19.2. The van der Waals surface area contributed by atoms with Crippen LogP contribution in [0.3, 0.4) is 0 Å². The van der Waals surface area contributed by atoms with Gasteiger partial charge in [0.25, 0.3) is 5.91 Å². The van der Waals surface area contributed by atoms with Crippen molar-refractivity contribution >= 4 is 11.8 Å². The van der Waals surface area contributed by atoms with Crippen molar-refractivity contribution in [3.8, 4) is 5.75 Å². The second-order valence-electron chi connectivity index (χ2n) is 4.66. The average molecular weight is 266 g/mol. The predicted octanol–water partition coefficient (Wildman–Crippen LogP) is 0.869. The SMILES string of the molecule is NC(=O)C1CCCN(C(=O)c2ccc(O)cc2F)C1. The Morgan fingerprint density at radius 3 is 2.79 bits per heavy atom. The smallest absolute Gasteiger partial charge is 0.256 e. The fourth-order valence-corrected chi connectivity index (χ4v) is 2.24. The molecule has 102 valence electrons. The van der Waals surface area contributed by atoms with Crippen LogP contribution in [0.15, 0.2) is 18.2 Å². The maximum atomic E-state index is 13.6. The van der Waals surface area contributed by atoms with Crippen molar-refractivity contribution < 1.29 is 19.1 Å². The Morgan fingerprint density at radius 2 is 2.16 bits per heavy atom. The third-order valence-electron chi connectivity index (χ3n) is 3.29. The Morgan fingerprint density at radius 1 is 1.42 bits per heavy atom. The number of hydrogen-bond acceptors (Lipinski definition) is 3. The van der Waals surface area contributed by atoms with Crippen LogP contribution in [-0.2, 0) is 4.79 Å². The zero-order valence-corrected chi connectivity index (χ0v) is 10.3. The summed E-state index contributed by atoms with van der Waals surface area (Å²) in [4.78, 5) is 24.7. The molecule has 2 amide bonds. The standard InChI is InChI=1S/C13H15FN2O3/c14-11-6-9(17)3-4-10(11)13(19)16-5-1-2-8(7-16)12(15)18/h3-4,6,8,17H,1-2,5,7H2,(H2,15,18). The number of primary amides is 1. The van der Waals surface area contributed by atoms with Crippen LogP contribution in [0.25, 0.3) is 0 Å². The van der Waals surface area contributed by atoms with Gasteiger partial charge in [-0.05, 0) is 25.0 Å². The van der Waals surface area contributed by atoms with Crippen LogP contribution in [0.2, 0.25) is 0 Å². The van der Waals surface area contributed by atoms with E-state index in [1.807, 2.05) is 0 Å². The number of carbonyl (C=O) groups is 2. The summed E-state index contributed by atoms with van der Waals surface area (Å²) in [6.45, 7) is 0.692. The summed E-state index contributed by atoms with van der Waals surface area (Å²) in [5.74, 6) is -2.31. The summed E-state index contributed by atoms with van der Waals surface area (Å²) < 4.78 is 13.6. The molecule has 1 aliphatic heterocycles. The van der Waals surface area contributed by atoms with E-state index in [4.69, 9.17) is 10.8 Å². The number of piperidine rings is 1. The highest BCUT2D eigenvalue weighted by atomic mass is 19.1. The molecule has 1 fully saturated rings. The van der Waals surface area contributed by atoms with Crippen LogP contribution in [0, 0.1) is 11.7 Å². The molecule has 0 spiro atoms. The topological polar surface area (TPSA) is 83.6 Å². The number of halogens is 1. The number of hydrogen-bond donors (Lipinski definition) is 2. The molecule has 0 aliphatic carbocycles. The van der Waals surface area contributed by atoms with E-state index in [1.165, 1.54) is 17.0 Å². The lowest BCUT2D eigenvalue weighted by Crippen LogP contribution is -2.44. The van der Waals surface area contributed by atoms with Crippen molar-refractivity contribution in [1.29, 1.82) is 0 Å². The first kappa shape index (κ1) is 13.3. The van der Waals surface area contributed by atoms with Gasteiger partial charge in [0.15, 0.2) is 0 Å². The third kappa shape index (κ3) is 2.83. The van der Waals surface area contributed by atoms with Gasteiger partial charge >= 0.3 is 0 Å². The van der Waals surface area contributed by atoms with Gasteiger partial charge in [0.05, 0.1) is 11.5 Å². The minimum absolute atomic E-state index is 0.108. The molecule has 19 heavy (non-hydrogen) atoms. The van der Waals surface area contributed by atoms with Gasteiger partial charge in [-0.3, -0.25) is 9.59 Å². The summed E-state index contributed by atoms with van der Waals surface area (Å²) in [7, 11) is 0. The van der Waals surface area contributed by atoms with Crippen LogP contribution in [-0.4, -0.2) is 34.9 Å². The first-order valence-corrected chi connectivity index (χ1v) is 6.06. The van der Waals surface area contributed by atoms with Crippen molar-refractivity contribution in [2.45, 2.75) is 12.8 Å². The molecule has 0 saturated carbocycles. The number of nitrogens with two attached hydrogens (primary N) is 1. The Balaban J connectivity index is 2.17. The Hall–Kier alpha value is -2.11. The first-order valence-electron chi connectivity index (χ1n) is 6.06. The van der Waals surface area contributed by atoms with E-state index in [0.29, 0.717) is 19.4 Å². The van der Waals surface area contributed by atoms with E-state index in [-0.39, 0.29) is 23.8 Å². The second kappa shape index (κ2) is 5.26. The van der Waals surface area contributed by atoms with Gasteiger partial charge in [0, 0.05) is 19.2 Å². The molecule has 1 aliphatic rings. The zero-order chi connectivity index (χ0) is 14.0. The number of carbonyl (C=O) groups excluding carboxylic acids is 2. The molecular weight excluding hydrogens is 251 g/mol. The fourth-order valence-electron chi connectivity index (χ4n) is 2.24. The molecule has 3 N–H and O–H groups in total. The van der Waals surface area contributed by atoms with E-state index in [2.05, 4.69) is 0 Å². The maximum Gasteiger partial charge on any atom is 0.256 e. The third-order valence-corrected chi connectivity index (χ3v) is 3.29. The lowest BCUT2D eigenvalue weighted by Gasteiger charge is -2.31. The minimum Gasteiger partial charge on any atom is -0.508 e. The van der Waals surface area contributed by atoms with Gasteiger partial charge in [0.1, 0.15) is 11.6 Å². The predicted molar refractivity (Wildman–Crippen MR) is 65.9 cm³/mol. The van der Waals surface area contributed by atoms with Gasteiger partial charge in [-0.15, -0.1) is 0 Å². The van der Waals surface area contributed by atoms with E-state index in [0.717, 1.165) is 6.07 Å². The van der Waals surface area contributed by atoms with Crippen molar-refractivity contribution in [3.05, 3.63) is 29.6 Å². The van der Waals surface area contributed by atoms with Gasteiger partial charge in [-0.1, -0.05) is 0 Å². The van der Waals surface area contributed by atoms with Gasteiger partial charge < -0.3 is 15.7 Å². The van der Waals surface area contributed by atoms with Crippen molar-refractivity contribution in [2.24, 2.45) is 11.7 Å². The van der Waals surface area contributed by atoms with Crippen molar-refractivity contribution in [2.75, 3.05) is 13.1 Å². The molecule has 2 rings (SSSR count). The van der Waals surface area contributed by atoms with Crippen LogP contribution < -0.4 is 5.73 Å². The number of rotatable bonds is 2. The molecule has 0 aromatic heterocycles. The summed E-state index contributed by atoms with van der Waals surface area (Å²) in [5, 5.41) is 9.12. The molecule has 1 aromatic rings. The lowest BCUT2D eigenvalue weighted by atomic mass is 9.97. The number of aromatic hydroxyl groups is 1. The second-order valence-corrected chi connectivity index (χ2v) is 4.66. The minimum atomic E-state index is -0.772. The molecule has 0 radical (unpaired) electrons. The average Bonchev–Trinajstić information content (AvgIpc) is 2.38. The van der Waals surface area contributed by atoms with Crippen LogP contribution in [0.5, 0.6) is 5.75 Å². The number of phenols is 1. The number of nitrogens with zero attached hydrogens (tertiary/aromatic N) is 1. The van der Waals surface area contributed by atoms with E-state index < -0.39 is 17.6 Å². The molecule has 5 nitrogen and oxygen atoms in total. The Labute approximate surface area is 109 Å². The molecule has 1 atom stereocenters. The highest BCUT2D eigenvalue weighted by molar-refractivity contribution is 5.95. The molecule has 1 aromatic carbocycles. The largest absolute Gasteiger partial charge is 0.508 e. The first-order chi connectivity index (χ1) is 8.99. The van der Waals surface area contributed by atoms with E-state index in [9.17, 15) is 14.0 Å². The Kier molecular flexibility index (Phi) is 3.69. The van der Waals surface area contributed by atoms with E-state index >= 15 is 0 Å². The van der Waals surface area contributed by atoms with Gasteiger partial charge in [0.2, 0.25) is 5.91 Å². The summed E-state index contributed by atoms with van der Waals surface area (Å²) >= 11 is 0.